The molecule has 2 aliphatic carbocycles. The van der Waals surface area contributed by atoms with Crippen LogP contribution in [0.25, 0.3) is 11.1 Å². The zero-order valence-electron chi connectivity index (χ0n) is 32.9. The average molecular weight is 852 g/mol. The number of fused-ring (bicyclic) bond motifs is 3. The van der Waals surface area contributed by atoms with Crippen molar-refractivity contribution >= 4 is 43.4 Å². The third kappa shape index (κ3) is 6.87. The molecular weight excluding hydrogens is 798 g/mol. The summed E-state index contributed by atoms with van der Waals surface area (Å²) < 4.78 is 0.604. The Hall–Kier alpha value is -1.73. The van der Waals surface area contributed by atoms with Gasteiger partial charge in [-0.15, -0.1) is 0 Å². The van der Waals surface area contributed by atoms with E-state index in [1.54, 1.807) is 0 Å². The summed E-state index contributed by atoms with van der Waals surface area (Å²) >= 11 is 7.46. The van der Waals surface area contributed by atoms with Crippen LogP contribution in [0.5, 0.6) is 0 Å². The topological polar surface area (TPSA) is 0 Å². The van der Waals surface area contributed by atoms with Crippen molar-refractivity contribution in [1.29, 1.82) is 0 Å². The molecule has 0 bridgehead atoms. The Labute approximate surface area is 331 Å². The molecule has 0 aromatic heterocycles. The van der Waals surface area contributed by atoms with E-state index in [1.165, 1.54) is 44.5 Å². The van der Waals surface area contributed by atoms with Gasteiger partial charge in [-0.2, -0.15) is 0 Å². The van der Waals surface area contributed by atoms with E-state index in [-0.39, 0.29) is 28.9 Å². The van der Waals surface area contributed by atoms with E-state index in [0.717, 1.165) is 14.3 Å². The molecule has 0 atom stereocenters. The number of rotatable bonds is 4. The number of allylic oxidation sites excluding steroid dienone is 4. The Morgan fingerprint density at radius 1 is 0.481 bits per heavy atom. The van der Waals surface area contributed by atoms with E-state index in [0.29, 0.717) is 10.0 Å². The van der Waals surface area contributed by atoms with Gasteiger partial charge in [-0.1, -0.05) is 0 Å². The minimum absolute atomic E-state index is 0.0745. The fourth-order valence-corrected chi connectivity index (χ4v) is 28.2. The molecule has 274 valence electrons. The normalized spacial score (nSPS) is 15.7. The summed E-state index contributed by atoms with van der Waals surface area (Å²) in [7, 11) is 17.9. The van der Waals surface area contributed by atoms with Crippen molar-refractivity contribution in [1.82, 2.24) is 0 Å². The van der Waals surface area contributed by atoms with Crippen molar-refractivity contribution in [3.8, 4) is 11.1 Å². The van der Waals surface area contributed by atoms with Crippen LogP contribution in [-0.4, -0.2) is 3.21 Å². The maximum absolute atomic E-state index is 8.94. The molecule has 0 saturated carbocycles. The average Bonchev–Trinajstić information content (AvgIpc) is 3.68. The predicted octanol–water partition coefficient (Wildman–Crippen LogP) is 15.4. The van der Waals surface area contributed by atoms with Gasteiger partial charge >= 0.3 is 334 Å². The standard InChI is InChI=1S/C29H41.C13H8Cl2.C5H5.2ClH.Zr/c1-26(2,3)22-14-18-13-19-15-23(27(4,5)6)25(29(10,11)12)17-21(19)20(18)16-24(22)28(7,8)9;14-12-5-1-10(2-6-12)9-11-3-7-13(15)8-4-11;1-2-4-5-3-1;;;/h13-17H,1-12H3;1-8H;1-5H;2*1H;/q;;;;;+2/p-2. The van der Waals surface area contributed by atoms with Gasteiger partial charge in [0.25, 0.3) is 0 Å². The number of halogens is 4. The Morgan fingerprint density at radius 2 is 0.788 bits per heavy atom. The monoisotopic (exact) mass is 848 g/mol. The molecular formula is C47H54Cl4Zr. The number of hydrogen-bond donors (Lipinski definition) is 0. The molecule has 4 aromatic rings. The summed E-state index contributed by atoms with van der Waals surface area (Å²) in [6.07, 6.45) is 8.73. The first-order chi connectivity index (χ1) is 23.8. The molecule has 0 heterocycles. The van der Waals surface area contributed by atoms with Gasteiger partial charge < -0.3 is 0 Å². The minimum atomic E-state index is -5.63. The Morgan fingerprint density at radius 3 is 1.10 bits per heavy atom. The van der Waals surface area contributed by atoms with Crippen molar-refractivity contribution in [3.05, 3.63) is 152 Å². The van der Waals surface area contributed by atoms with Gasteiger partial charge in [-0.3, -0.25) is 0 Å². The molecule has 0 radical (unpaired) electrons. The van der Waals surface area contributed by atoms with Gasteiger partial charge in [-0.25, -0.2) is 0 Å². The molecule has 52 heavy (non-hydrogen) atoms. The van der Waals surface area contributed by atoms with Crippen molar-refractivity contribution in [3.63, 3.8) is 0 Å². The van der Waals surface area contributed by atoms with Gasteiger partial charge in [0.1, 0.15) is 0 Å². The third-order valence-electron chi connectivity index (χ3n) is 11.2. The van der Waals surface area contributed by atoms with Gasteiger partial charge in [0.05, 0.1) is 0 Å². The van der Waals surface area contributed by atoms with Crippen molar-refractivity contribution in [2.24, 2.45) is 0 Å². The fourth-order valence-electron chi connectivity index (χ4n) is 8.64. The van der Waals surface area contributed by atoms with Crippen LogP contribution in [0.1, 0.15) is 131 Å². The Kier molecular flexibility index (Phi) is 10.1. The fraction of sp³-hybridized carbons (Fsp3) is 0.383. The quantitative estimate of drug-likeness (QED) is 0.192. The molecule has 0 N–H and O–H groups in total. The van der Waals surface area contributed by atoms with Crippen LogP contribution in [0.2, 0.25) is 13.7 Å². The Bertz CT molecular complexity index is 2040. The zero-order chi connectivity index (χ0) is 38.4. The molecule has 0 amide bonds. The van der Waals surface area contributed by atoms with E-state index < -0.39 is 15.9 Å². The predicted molar refractivity (Wildman–Crippen MR) is 228 cm³/mol. The van der Waals surface area contributed by atoms with Gasteiger partial charge in [0, 0.05) is 0 Å². The first kappa shape index (κ1) is 40.0. The second-order valence-corrected chi connectivity index (χ2v) is 40.8. The van der Waals surface area contributed by atoms with E-state index >= 15 is 0 Å². The summed E-state index contributed by atoms with van der Waals surface area (Å²) in [4.78, 5) is 0. The van der Waals surface area contributed by atoms with E-state index in [2.05, 4.69) is 156 Å². The molecule has 5 heteroatoms. The first-order valence-electron chi connectivity index (χ1n) is 18.5. The van der Waals surface area contributed by atoms with Crippen LogP contribution in [0.4, 0.5) is 0 Å². The molecule has 0 saturated heterocycles. The van der Waals surface area contributed by atoms with E-state index in [1.807, 2.05) is 24.3 Å². The van der Waals surface area contributed by atoms with Crippen LogP contribution in [-0.2, 0) is 37.6 Å². The van der Waals surface area contributed by atoms with Crippen molar-refractivity contribution < 1.29 is 15.9 Å². The third-order valence-corrected chi connectivity index (χ3v) is 31.3. The molecule has 0 aliphatic heterocycles. The van der Waals surface area contributed by atoms with E-state index in [4.69, 9.17) is 40.2 Å². The summed E-state index contributed by atoms with van der Waals surface area (Å²) in [6, 6.07) is 26.2. The molecule has 0 nitrogen and oxygen atoms in total. The van der Waals surface area contributed by atoms with Crippen LogP contribution in [0.3, 0.4) is 0 Å². The van der Waals surface area contributed by atoms with Crippen LogP contribution in [0, 0.1) is 0 Å². The summed E-state index contributed by atoms with van der Waals surface area (Å²) in [5.41, 5.74) is 12.0. The van der Waals surface area contributed by atoms with Crippen molar-refractivity contribution in [2.75, 3.05) is 0 Å². The molecule has 6 rings (SSSR count). The summed E-state index contributed by atoms with van der Waals surface area (Å²) in [6.45, 7) is 27.9. The second kappa shape index (κ2) is 13.2. The molecule has 2 aliphatic rings. The number of benzene rings is 4. The molecule has 0 fully saturated rings. The number of hydrogen-bond acceptors (Lipinski definition) is 0. The van der Waals surface area contributed by atoms with Gasteiger partial charge in [0.15, 0.2) is 0 Å². The van der Waals surface area contributed by atoms with Crippen LogP contribution >= 0.6 is 40.2 Å². The second-order valence-electron chi connectivity index (χ2n) is 19.2. The van der Waals surface area contributed by atoms with Gasteiger partial charge in [0.2, 0.25) is 0 Å². The van der Waals surface area contributed by atoms with Crippen molar-refractivity contribution in [2.45, 2.75) is 112 Å². The van der Waals surface area contributed by atoms with Gasteiger partial charge in [-0.05, 0) is 0 Å². The molecule has 0 unspecified atom stereocenters. The SMILES string of the molecule is CC(C)(C)c1cc2c(cc1C(C)(C)C)[CH]([Zr]([Cl])([Cl])(=[C](c1ccc(Cl)cc1)c1ccc(Cl)cc1)[CH]1C=CC=C1)c1cc(C(C)(C)C)c(C(C)(C)C)cc1-2. The summed E-state index contributed by atoms with van der Waals surface area (Å²) in [5.74, 6) is 0. The first-order valence-corrected chi connectivity index (χ1v) is 29.7. The van der Waals surface area contributed by atoms with Crippen LogP contribution in [0.15, 0.2) is 97.1 Å². The Balaban J connectivity index is 1.92. The zero-order valence-corrected chi connectivity index (χ0v) is 38.4. The maximum atomic E-state index is 8.94. The molecule has 4 aromatic carbocycles. The molecule has 0 spiro atoms. The summed E-state index contributed by atoms with van der Waals surface area (Å²) in [5, 5.41) is 1.34. The van der Waals surface area contributed by atoms with E-state index in [9.17, 15) is 0 Å². The van der Waals surface area contributed by atoms with Crippen LogP contribution < -0.4 is 0 Å².